The third kappa shape index (κ3) is 3.87. The fourth-order valence-electron chi connectivity index (χ4n) is 3.26. The lowest BCUT2D eigenvalue weighted by molar-refractivity contribution is 0.298. The molecule has 94 valence electrons. The van der Waals surface area contributed by atoms with E-state index in [1.165, 1.54) is 51.4 Å². The van der Waals surface area contributed by atoms with Crippen molar-refractivity contribution in [3.05, 3.63) is 35.9 Å². The second kappa shape index (κ2) is 6.83. The lowest BCUT2D eigenvalue weighted by atomic mass is 9.76. The summed E-state index contributed by atoms with van der Waals surface area (Å²) in [5.41, 5.74) is 1.58. The number of unbranched alkanes of at least 4 members (excludes halogenated alkanes) is 2. The van der Waals surface area contributed by atoms with Gasteiger partial charge < -0.3 is 0 Å². The molecule has 0 heterocycles. The van der Waals surface area contributed by atoms with Gasteiger partial charge in [-0.1, -0.05) is 75.8 Å². The minimum absolute atomic E-state index is 0.844. The van der Waals surface area contributed by atoms with Crippen molar-refractivity contribution < 1.29 is 0 Å². The average molecular weight is 230 g/mol. The van der Waals surface area contributed by atoms with Gasteiger partial charge in [0.2, 0.25) is 0 Å². The molecule has 2 unspecified atom stereocenters. The molecule has 2 atom stereocenters. The molecule has 1 aromatic rings. The number of hydrogen-bond donors (Lipinski definition) is 0. The van der Waals surface area contributed by atoms with Crippen molar-refractivity contribution in [1.29, 1.82) is 0 Å². The van der Waals surface area contributed by atoms with Crippen molar-refractivity contribution in [3.8, 4) is 0 Å². The van der Waals surface area contributed by atoms with Crippen LogP contribution < -0.4 is 0 Å². The first-order chi connectivity index (χ1) is 8.40. The molecule has 1 aromatic carbocycles. The van der Waals surface area contributed by atoms with Crippen LogP contribution in [-0.4, -0.2) is 0 Å². The van der Waals surface area contributed by atoms with Crippen molar-refractivity contribution in [3.63, 3.8) is 0 Å². The third-order valence-electron chi connectivity index (χ3n) is 4.27. The normalized spacial score (nSPS) is 24.8. The molecule has 1 fully saturated rings. The Morgan fingerprint density at radius 2 is 1.88 bits per heavy atom. The van der Waals surface area contributed by atoms with Gasteiger partial charge in [0.1, 0.15) is 0 Å². The number of rotatable bonds is 5. The van der Waals surface area contributed by atoms with Crippen LogP contribution in [-0.2, 0) is 0 Å². The van der Waals surface area contributed by atoms with E-state index in [2.05, 4.69) is 37.3 Å². The van der Waals surface area contributed by atoms with Gasteiger partial charge in [0.25, 0.3) is 0 Å². The highest BCUT2D eigenvalue weighted by molar-refractivity contribution is 5.19. The second-order valence-corrected chi connectivity index (χ2v) is 5.64. The fourth-order valence-corrected chi connectivity index (χ4v) is 3.26. The van der Waals surface area contributed by atoms with Crippen LogP contribution in [0.1, 0.15) is 69.8 Å². The number of benzene rings is 1. The third-order valence-corrected chi connectivity index (χ3v) is 4.27. The molecule has 1 saturated carbocycles. The van der Waals surface area contributed by atoms with Crippen molar-refractivity contribution in [1.82, 2.24) is 0 Å². The van der Waals surface area contributed by atoms with Crippen molar-refractivity contribution in [2.75, 3.05) is 0 Å². The lowest BCUT2D eigenvalue weighted by Crippen LogP contribution is -2.14. The van der Waals surface area contributed by atoms with Crippen LogP contribution in [0.4, 0.5) is 0 Å². The topological polar surface area (TPSA) is 0 Å². The minimum Gasteiger partial charge on any atom is -0.0654 e. The molecule has 17 heavy (non-hydrogen) atoms. The molecular formula is C17H26. The maximum absolute atomic E-state index is 2.32. The van der Waals surface area contributed by atoms with Gasteiger partial charge in [-0.3, -0.25) is 0 Å². The standard InChI is InChI=1S/C17H26/c1-2-3-5-9-15-10-8-13-17(14-15)16-11-6-4-7-12-16/h4,6-7,11-12,15,17H,2-3,5,8-10,13-14H2,1H3. The van der Waals surface area contributed by atoms with E-state index in [0.29, 0.717) is 0 Å². The maximum atomic E-state index is 2.32. The van der Waals surface area contributed by atoms with Gasteiger partial charge in [-0.05, 0) is 30.2 Å². The summed E-state index contributed by atoms with van der Waals surface area (Å²) in [5, 5.41) is 0. The predicted octanol–water partition coefficient (Wildman–Crippen LogP) is 5.54. The monoisotopic (exact) mass is 230 g/mol. The first-order valence-electron chi connectivity index (χ1n) is 7.45. The largest absolute Gasteiger partial charge is 0.0654 e. The zero-order valence-corrected chi connectivity index (χ0v) is 11.2. The zero-order chi connectivity index (χ0) is 11.9. The van der Waals surface area contributed by atoms with Gasteiger partial charge in [-0.2, -0.15) is 0 Å². The Bertz CT molecular complexity index is 301. The van der Waals surface area contributed by atoms with Crippen LogP contribution in [0.25, 0.3) is 0 Å². The van der Waals surface area contributed by atoms with Gasteiger partial charge in [0.15, 0.2) is 0 Å². The first kappa shape index (κ1) is 12.7. The average Bonchev–Trinajstić information content (AvgIpc) is 2.41. The van der Waals surface area contributed by atoms with E-state index in [4.69, 9.17) is 0 Å². The molecule has 0 saturated heterocycles. The SMILES string of the molecule is CCCCCC1CCCC(c2ccccc2)C1. The number of hydrogen-bond acceptors (Lipinski definition) is 0. The van der Waals surface area contributed by atoms with Crippen LogP contribution in [0.3, 0.4) is 0 Å². The van der Waals surface area contributed by atoms with Crippen LogP contribution in [0.5, 0.6) is 0 Å². The Morgan fingerprint density at radius 3 is 2.65 bits per heavy atom. The highest BCUT2D eigenvalue weighted by Gasteiger charge is 2.22. The van der Waals surface area contributed by atoms with Gasteiger partial charge in [-0.15, -0.1) is 0 Å². The van der Waals surface area contributed by atoms with Crippen LogP contribution >= 0.6 is 0 Å². The van der Waals surface area contributed by atoms with Crippen molar-refractivity contribution in [2.45, 2.75) is 64.2 Å². The van der Waals surface area contributed by atoms with E-state index in [-0.39, 0.29) is 0 Å². The van der Waals surface area contributed by atoms with E-state index in [0.717, 1.165) is 11.8 Å². The van der Waals surface area contributed by atoms with E-state index in [1.807, 2.05) is 0 Å². The molecule has 0 nitrogen and oxygen atoms in total. The summed E-state index contributed by atoms with van der Waals surface area (Å²) >= 11 is 0. The van der Waals surface area contributed by atoms with E-state index in [9.17, 15) is 0 Å². The molecule has 0 heteroatoms. The summed E-state index contributed by atoms with van der Waals surface area (Å²) < 4.78 is 0. The second-order valence-electron chi connectivity index (χ2n) is 5.64. The van der Waals surface area contributed by atoms with Gasteiger partial charge in [0, 0.05) is 0 Å². The Hall–Kier alpha value is -0.780. The molecule has 0 bridgehead atoms. The Labute approximate surface area is 106 Å². The van der Waals surface area contributed by atoms with Crippen molar-refractivity contribution >= 4 is 0 Å². The molecule has 1 aliphatic rings. The Kier molecular flexibility index (Phi) is 5.09. The van der Waals surface area contributed by atoms with Crippen molar-refractivity contribution in [2.24, 2.45) is 5.92 Å². The molecule has 1 aliphatic carbocycles. The lowest BCUT2D eigenvalue weighted by Gasteiger charge is -2.29. The summed E-state index contributed by atoms with van der Waals surface area (Å²) in [6, 6.07) is 11.1. The van der Waals surface area contributed by atoms with Crippen LogP contribution in [0, 0.1) is 5.92 Å². The fraction of sp³-hybridized carbons (Fsp3) is 0.647. The minimum atomic E-state index is 0.844. The quantitative estimate of drug-likeness (QED) is 0.582. The van der Waals surface area contributed by atoms with E-state index in [1.54, 1.807) is 5.56 Å². The summed E-state index contributed by atoms with van der Waals surface area (Å²) in [6.45, 7) is 2.30. The van der Waals surface area contributed by atoms with E-state index < -0.39 is 0 Å². The maximum Gasteiger partial charge on any atom is -0.0159 e. The zero-order valence-electron chi connectivity index (χ0n) is 11.2. The summed E-state index contributed by atoms with van der Waals surface area (Å²) in [4.78, 5) is 0. The molecule has 0 radical (unpaired) electrons. The Balaban J connectivity index is 1.84. The first-order valence-corrected chi connectivity index (χ1v) is 7.45. The summed E-state index contributed by atoms with van der Waals surface area (Å²) in [7, 11) is 0. The van der Waals surface area contributed by atoms with Gasteiger partial charge in [0.05, 0.1) is 0 Å². The van der Waals surface area contributed by atoms with Gasteiger partial charge >= 0.3 is 0 Å². The predicted molar refractivity (Wildman–Crippen MR) is 75.3 cm³/mol. The highest BCUT2D eigenvalue weighted by Crippen LogP contribution is 2.38. The Morgan fingerprint density at radius 1 is 1.06 bits per heavy atom. The highest BCUT2D eigenvalue weighted by atomic mass is 14.3. The van der Waals surface area contributed by atoms with Gasteiger partial charge in [-0.25, -0.2) is 0 Å². The molecule has 0 N–H and O–H groups in total. The van der Waals surface area contributed by atoms with Crippen LogP contribution in [0.15, 0.2) is 30.3 Å². The molecular weight excluding hydrogens is 204 g/mol. The molecule has 0 aliphatic heterocycles. The molecule has 0 amide bonds. The van der Waals surface area contributed by atoms with Crippen LogP contribution in [0.2, 0.25) is 0 Å². The van der Waals surface area contributed by atoms with E-state index >= 15 is 0 Å². The summed E-state index contributed by atoms with van der Waals surface area (Å²) in [6.07, 6.45) is 11.5. The molecule has 0 aromatic heterocycles. The molecule has 2 rings (SSSR count). The smallest absolute Gasteiger partial charge is 0.0159 e. The summed E-state index contributed by atoms with van der Waals surface area (Å²) in [5.74, 6) is 1.84. The molecule has 0 spiro atoms.